The number of likely N-dealkylation sites (tertiary alicyclic amines) is 1. The summed E-state index contributed by atoms with van der Waals surface area (Å²) in [4.78, 5) is 26.9. The van der Waals surface area contributed by atoms with Crippen LogP contribution in [0, 0.1) is 0 Å². The Morgan fingerprint density at radius 2 is 1.54 bits per heavy atom. The van der Waals surface area contributed by atoms with Crippen LogP contribution in [-0.4, -0.2) is 64.2 Å². The van der Waals surface area contributed by atoms with Gasteiger partial charge in [-0.3, -0.25) is 13.9 Å². The van der Waals surface area contributed by atoms with Crippen LogP contribution in [0.3, 0.4) is 0 Å². The van der Waals surface area contributed by atoms with E-state index in [9.17, 15) is 18.0 Å². The molecule has 10 nitrogen and oxygen atoms in total. The van der Waals surface area contributed by atoms with Crippen LogP contribution in [0.15, 0.2) is 88.9 Å². The molecule has 1 aliphatic heterocycles. The van der Waals surface area contributed by atoms with Crippen LogP contribution in [0.1, 0.15) is 31.7 Å². The summed E-state index contributed by atoms with van der Waals surface area (Å²) in [5.74, 6) is 0.466. The lowest BCUT2D eigenvalue weighted by Crippen LogP contribution is -2.39. The van der Waals surface area contributed by atoms with Crippen molar-refractivity contribution in [2.24, 2.45) is 5.10 Å². The Bertz CT molecular complexity index is 1420. The highest BCUT2D eigenvalue weighted by Crippen LogP contribution is 2.25. The third-order valence-corrected chi connectivity index (χ3v) is 8.20. The van der Waals surface area contributed by atoms with Crippen molar-refractivity contribution in [3.63, 3.8) is 0 Å². The number of sulfonamides is 1. The summed E-state index contributed by atoms with van der Waals surface area (Å²) in [6.07, 6.45) is 4.65. The van der Waals surface area contributed by atoms with Gasteiger partial charge in [-0.1, -0.05) is 18.2 Å². The Kier molecular flexibility index (Phi) is 10.3. The summed E-state index contributed by atoms with van der Waals surface area (Å²) in [6.45, 7) is 3.36. The average Bonchev–Trinajstić information content (AvgIpc) is 3.00. The minimum Gasteiger partial charge on any atom is -0.494 e. The smallest absolute Gasteiger partial charge is 0.264 e. The number of rotatable bonds is 12. The molecule has 1 N–H and O–H groups in total. The molecule has 4 rings (SSSR count). The fourth-order valence-electron chi connectivity index (χ4n) is 4.29. The minimum absolute atomic E-state index is 0.0129. The third-order valence-electron chi connectivity index (χ3n) is 6.41. The van der Waals surface area contributed by atoms with Gasteiger partial charge in [-0.25, -0.2) is 13.8 Å². The van der Waals surface area contributed by atoms with Crippen LogP contribution in [0.2, 0.25) is 0 Å². The second kappa shape index (κ2) is 14.3. The Morgan fingerprint density at radius 3 is 2.20 bits per heavy atom. The van der Waals surface area contributed by atoms with Crippen molar-refractivity contribution in [2.75, 3.05) is 37.2 Å². The first-order valence-corrected chi connectivity index (χ1v) is 14.9. The minimum atomic E-state index is -4.06. The molecule has 1 fully saturated rings. The summed E-state index contributed by atoms with van der Waals surface area (Å²) in [6, 6.07) is 21.3. The molecule has 1 aliphatic rings. The highest BCUT2D eigenvalue weighted by atomic mass is 32.2. The van der Waals surface area contributed by atoms with Crippen LogP contribution in [0.25, 0.3) is 0 Å². The molecular formula is C30H34N4O6S. The van der Waals surface area contributed by atoms with Gasteiger partial charge in [0.15, 0.2) is 6.61 Å². The Balaban J connectivity index is 1.35. The number of nitrogens with zero attached hydrogens (tertiary/aromatic N) is 3. The molecule has 0 aliphatic carbocycles. The van der Waals surface area contributed by atoms with E-state index in [1.54, 1.807) is 66.7 Å². The number of piperidine rings is 1. The zero-order valence-electron chi connectivity index (χ0n) is 22.9. The van der Waals surface area contributed by atoms with Crippen molar-refractivity contribution in [2.45, 2.75) is 31.1 Å². The van der Waals surface area contributed by atoms with Gasteiger partial charge in [0.05, 0.1) is 23.4 Å². The van der Waals surface area contributed by atoms with E-state index >= 15 is 0 Å². The van der Waals surface area contributed by atoms with Gasteiger partial charge in [-0.2, -0.15) is 5.10 Å². The first-order valence-electron chi connectivity index (χ1n) is 13.5. The number of anilines is 1. The van der Waals surface area contributed by atoms with Crippen molar-refractivity contribution >= 4 is 33.7 Å². The number of hydrogen-bond acceptors (Lipinski definition) is 7. The summed E-state index contributed by atoms with van der Waals surface area (Å²) in [5, 5.41) is 3.98. The van der Waals surface area contributed by atoms with Gasteiger partial charge in [0, 0.05) is 13.1 Å². The van der Waals surface area contributed by atoms with E-state index in [-0.39, 0.29) is 17.4 Å². The molecule has 41 heavy (non-hydrogen) atoms. The summed E-state index contributed by atoms with van der Waals surface area (Å²) in [5.41, 5.74) is 3.42. The average molecular weight is 579 g/mol. The number of carbonyl (C=O) groups excluding carboxylic acids is 2. The van der Waals surface area contributed by atoms with Gasteiger partial charge >= 0.3 is 0 Å². The van der Waals surface area contributed by atoms with Gasteiger partial charge in [0.25, 0.3) is 21.8 Å². The first kappa shape index (κ1) is 29.6. The number of benzene rings is 3. The lowest BCUT2D eigenvalue weighted by molar-refractivity contribution is -0.134. The van der Waals surface area contributed by atoms with Crippen LogP contribution in [0.5, 0.6) is 11.5 Å². The third kappa shape index (κ3) is 8.31. The Hall–Kier alpha value is -4.38. The molecule has 0 aromatic heterocycles. The second-order valence-corrected chi connectivity index (χ2v) is 11.2. The molecule has 1 heterocycles. The number of hydrogen-bond donors (Lipinski definition) is 1. The van der Waals surface area contributed by atoms with Crippen molar-refractivity contribution in [1.82, 2.24) is 10.3 Å². The standard InChI is InChI=1S/C30H34N4O6S/c1-2-39-26-15-17-28(18-16-26)41(37,38)34(25-9-5-3-6-10-25)22-29(35)32-31-21-24-11-13-27(14-12-24)40-23-30(36)33-19-7-4-8-20-33/h3,5-6,9-18,21H,2,4,7-8,19-20,22-23H2,1H3,(H,32,35)/b31-21+. The van der Waals surface area contributed by atoms with Gasteiger partial charge in [-0.15, -0.1) is 0 Å². The summed E-state index contributed by atoms with van der Waals surface area (Å²) in [7, 11) is -4.06. The highest BCUT2D eigenvalue weighted by Gasteiger charge is 2.27. The Morgan fingerprint density at radius 1 is 0.902 bits per heavy atom. The second-order valence-electron chi connectivity index (χ2n) is 9.34. The van der Waals surface area contributed by atoms with Crippen LogP contribution in [-0.2, 0) is 19.6 Å². The van der Waals surface area contributed by atoms with E-state index in [0.717, 1.165) is 36.7 Å². The molecule has 0 spiro atoms. The maximum atomic E-state index is 13.5. The van der Waals surface area contributed by atoms with E-state index in [0.29, 0.717) is 29.4 Å². The van der Waals surface area contributed by atoms with Crippen LogP contribution < -0.4 is 19.2 Å². The SMILES string of the molecule is CCOc1ccc(S(=O)(=O)N(CC(=O)N/N=C/c2ccc(OCC(=O)N3CCCCC3)cc2)c2ccccc2)cc1. The molecule has 216 valence electrons. The monoisotopic (exact) mass is 578 g/mol. The number of carbonyl (C=O) groups is 2. The maximum absolute atomic E-state index is 13.5. The molecule has 3 aromatic rings. The van der Waals surface area contributed by atoms with E-state index in [1.807, 2.05) is 11.8 Å². The molecule has 0 atom stereocenters. The van der Waals surface area contributed by atoms with Crippen molar-refractivity contribution in [3.05, 3.63) is 84.4 Å². The fourth-order valence-corrected chi connectivity index (χ4v) is 5.71. The summed E-state index contributed by atoms with van der Waals surface area (Å²) >= 11 is 0. The van der Waals surface area contributed by atoms with Crippen molar-refractivity contribution in [1.29, 1.82) is 0 Å². The molecule has 2 amide bonds. The molecule has 3 aromatic carbocycles. The normalized spacial score (nSPS) is 13.5. The predicted octanol–water partition coefficient (Wildman–Crippen LogP) is 3.82. The number of nitrogens with one attached hydrogen (secondary N) is 1. The zero-order chi connectivity index (χ0) is 29.1. The van der Waals surface area contributed by atoms with Crippen molar-refractivity contribution < 1.29 is 27.5 Å². The number of ether oxygens (including phenoxy) is 2. The molecule has 0 saturated carbocycles. The quantitative estimate of drug-likeness (QED) is 0.258. The number of para-hydroxylation sites is 1. The maximum Gasteiger partial charge on any atom is 0.264 e. The topological polar surface area (TPSA) is 118 Å². The predicted molar refractivity (Wildman–Crippen MR) is 157 cm³/mol. The van der Waals surface area contributed by atoms with E-state index in [2.05, 4.69) is 10.5 Å². The lowest BCUT2D eigenvalue weighted by Gasteiger charge is -2.26. The molecule has 0 radical (unpaired) electrons. The van der Waals surface area contributed by atoms with E-state index in [1.165, 1.54) is 18.3 Å². The van der Waals surface area contributed by atoms with E-state index < -0.39 is 22.5 Å². The number of hydrazone groups is 1. The Labute approximate surface area is 240 Å². The molecule has 0 bridgehead atoms. The summed E-state index contributed by atoms with van der Waals surface area (Å²) < 4.78 is 39.0. The van der Waals surface area contributed by atoms with Gasteiger partial charge in [0.2, 0.25) is 0 Å². The molecule has 11 heteroatoms. The van der Waals surface area contributed by atoms with Crippen molar-refractivity contribution in [3.8, 4) is 11.5 Å². The van der Waals surface area contributed by atoms with Gasteiger partial charge in [0.1, 0.15) is 18.0 Å². The molecule has 0 unspecified atom stereocenters. The lowest BCUT2D eigenvalue weighted by atomic mass is 10.1. The molecule has 1 saturated heterocycles. The molecular weight excluding hydrogens is 544 g/mol. The fraction of sp³-hybridized carbons (Fsp3) is 0.300. The zero-order valence-corrected chi connectivity index (χ0v) is 23.8. The van der Waals surface area contributed by atoms with Gasteiger partial charge < -0.3 is 14.4 Å². The van der Waals surface area contributed by atoms with E-state index in [4.69, 9.17) is 9.47 Å². The largest absolute Gasteiger partial charge is 0.494 e. The number of amides is 2. The van der Waals surface area contributed by atoms with Crippen LogP contribution >= 0.6 is 0 Å². The highest BCUT2D eigenvalue weighted by molar-refractivity contribution is 7.92. The first-order chi connectivity index (χ1) is 19.9. The van der Waals surface area contributed by atoms with Crippen LogP contribution in [0.4, 0.5) is 5.69 Å². The van der Waals surface area contributed by atoms with Gasteiger partial charge in [-0.05, 0) is 92.4 Å².